The summed E-state index contributed by atoms with van der Waals surface area (Å²) in [7, 11) is 0. The van der Waals surface area contributed by atoms with E-state index in [4.69, 9.17) is 4.74 Å². The summed E-state index contributed by atoms with van der Waals surface area (Å²) in [4.78, 5) is 0. The van der Waals surface area contributed by atoms with Gasteiger partial charge in [0.1, 0.15) is 5.76 Å². The maximum Gasteiger partial charge on any atom is 0.126 e. The Morgan fingerprint density at radius 3 is 2.67 bits per heavy atom. The molecule has 0 fully saturated rings. The molecule has 0 atom stereocenters. The normalized spacial score (nSPS) is 21.1. The zero-order valence-electron chi connectivity index (χ0n) is 8.91. The summed E-state index contributed by atoms with van der Waals surface area (Å²) >= 11 is 0. The zero-order chi connectivity index (χ0) is 10.7. The third kappa shape index (κ3) is 1.82. The first-order valence-corrected chi connectivity index (χ1v) is 5.27. The molecular formula is C14H16O. The second-order valence-corrected chi connectivity index (χ2v) is 4.17. The van der Waals surface area contributed by atoms with Gasteiger partial charge in [-0.25, -0.2) is 0 Å². The van der Waals surface area contributed by atoms with E-state index < -0.39 is 0 Å². The Labute approximate surface area is 91.1 Å². The second-order valence-electron chi connectivity index (χ2n) is 4.17. The van der Waals surface area contributed by atoms with E-state index in [1.54, 1.807) is 6.26 Å². The van der Waals surface area contributed by atoms with Crippen molar-refractivity contribution < 1.29 is 4.74 Å². The third-order valence-electron chi connectivity index (χ3n) is 2.97. The van der Waals surface area contributed by atoms with Gasteiger partial charge < -0.3 is 4.74 Å². The van der Waals surface area contributed by atoms with Crippen molar-refractivity contribution in [2.24, 2.45) is 5.41 Å². The summed E-state index contributed by atoms with van der Waals surface area (Å²) in [5.74, 6) is 1.02. The van der Waals surface area contributed by atoms with Gasteiger partial charge >= 0.3 is 0 Å². The van der Waals surface area contributed by atoms with E-state index in [0.29, 0.717) is 0 Å². The Morgan fingerprint density at radius 1 is 1.33 bits per heavy atom. The molecule has 0 radical (unpaired) electrons. The van der Waals surface area contributed by atoms with Gasteiger partial charge in [0, 0.05) is 5.41 Å². The van der Waals surface area contributed by atoms with Crippen molar-refractivity contribution in [1.29, 1.82) is 0 Å². The van der Waals surface area contributed by atoms with Gasteiger partial charge in [-0.2, -0.15) is 0 Å². The monoisotopic (exact) mass is 200 g/mol. The number of rotatable bonds is 4. The summed E-state index contributed by atoms with van der Waals surface area (Å²) < 4.78 is 5.49. The minimum Gasteiger partial charge on any atom is -0.465 e. The van der Waals surface area contributed by atoms with Crippen LogP contribution in [0.25, 0.3) is 0 Å². The molecule has 2 aliphatic rings. The van der Waals surface area contributed by atoms with E-state index in [0.717, 1.165) is 25.0 Å². The first-order chi connectivity index (χ1) is 7.29. The highest BCUT2D eigenvalue weighted by atomic mass is 16.5. The van der Waals surface area contributed by atoms with Gasteiger partial charge in [-0.05, 0) is 37.0 Å². The van der Waals surface area contributed by atoms with Gasteiger partial charge in [0.2, 0.25) is 0 Å². The van der Waals surface area contributed by atoms with Gasteiger partial charge in [-0.3, -0.25) is 0 Å². The van der Waals surface area contributed by atoms with Crippen LogP contribution in [0.3, 0.4) is 0 Å². The van der Waals surface area contributed by atoms with Gasteiger partial charge in [0.15, 0.2) is 0 Å². The Hall–Kier alpha value is -1.50. The minimum absolute atomic E-state index is 0.149. The van der Waals surface area contributed by atoms with E-state index in [1.807, 2.05) is 18.2 Å². The first-order valence-electron chi connectivity index (χ1n) is 5.27. The van der Waals surface area contributed by atoms with E-state index in [-0.39, 0.29) is 5.41 Å². The van der Waals surface area contributed by atoms with Crippen LogP contribution in [0.2, 0.25) is 0 Å². The Balaban J connectivity index is 2.27. The largest absolute Gasteiger partial charge is 0.465 e. The van der Waals surface area contributed by atoms with Crippen molar-refractivity contribution >= 4 is 0 Å². The summed E-state index contributed by atoms with van der Waals surface area (Å²) in [6.45, 7) is 7.66. The molecular weight excluding hydrogens is 184 g/mol. The summed E-state index contributed by atoms with van der Waals surface area (Å²) in [6.07, 6.45) is 15.0. The molecule has 15 heavy (non-hydrogen) atoms. The zero-order valence-corrected chi connectivity index (χ0v) is 8.91. The maximum atomic E-state index is 5.49. The van der Waals surface area contributed by atoms with E-state index in [1.165, 1.54) is 5.57 Å². The topological polar surface area (TPSA) is 9.23 Å². The average Bonchev–Trinajstić information content (AvgIpc) is 2.56. The standard InChI is InChI=1S/C14H16O/c1-3-7-14(8-4-2)10-12-6-5-9-15-13(12)11-14/h3-6,9,11H,1-2,7-8,10H2. The Kier molecular flexibility index (Phi) is 2.63. The molecule has 0 aromatic heterocycles. The summed E-state index contributed by atoms with van der Waals surface area (Å²) in [5, 5.41) is 0. The smallest absolute Gasteiger partial charge is 0.126 e. The van der Waals surface area contributed by atoms with Crippen molar-refractivity contribution in [3.05, 3.63) is 61.1 Å². The summed E-state index contributed by atoms with van der Waals surface area (Å²) in [6, 6.07) is 0. The molecule has 0 amide bonds. The van der Waals surface area contributed by atoms with Crippen molar-refractivity contribution in [1.82, 2.24) is 0 Å². The number of hydrogen-bond acceptors (Lipinski definition) is 1. The van der Waals surface area contributed by atoms with Crippen LogP contribution in [-0.2, 0) is 4.74 Å². The molecule has 0 bridgehead atoms. The van der Waals surface area contributed by atoms with E-state index in [2.05, 4.69) is 25.3 Å². The van der Waals surface area contributed by atoms with Crippen molar-refractivity contribution in [2.45, 2.75) is 19.3 Å². The molecule has 78 valence electrons. The van der Waals surface area contributed by atoms with Crippen LogP contribution >= 0.6 is 0 Å². The lowest BCUT2D eigenvalue weighted by molar-refractivity contribution is 0.358. The molecule has 0 aromatic rings. The van der Waals surface area contributed by atoms with Crippen molar-refractivity contribution in [2.75, 3.05) is 0 Å². The fourth-order valence-electron chi connectivity index (χ4n) is 2.33. The highest BCUT2D eigenvalue weighted by Gasteiger charge is 2.35. The van der Waals surface area contributed by atoms with E-state index >= 15 is 0 Å². The molecule has 0 saturated carbocycles. The van der Waals surface area contributed by atoms with E-state index in [9.17, 15) is 0 Å². The number of hydrogen-bond donors (Lipinski definition) is 0. The van der Waals surface area contributed by atoms with Gasteiger partial charge in [0.25, 0.3) is 0 Å². The molecule has 0 N–H and O–H groups in total. The van der Waals surface area contributed by atoms with Crippen molar-refractivity contribution in [3.63, 3.8) is 0 Å². The highest BCUT2D eigenvalue weighted by molar-refractivity contribution is 5.41. The van der Waals surface area contributed by atoms with Gasteiger partial charge in [0.05, 0.1) is 6.26 Å². The van der Waals surface area contributed by atoms with Crippen LogP contribution in [-0.4, -0.2) is 0 Å². The quantitative estimate of drug-likeness (QED) is 0.626. The molecule has 0 saturated heterocycles. The first kappa shape index (κ1) is 10.0. The minimum atomic E-state index is 0.149. The Morgan fingerprint density at radius 2 is 2.07 bits per heavy atom. The maximum absolute atomic E-state index is 5.49. The second kappa shape index (κ2) is 3.93. The number of ether oxygens (including phenoxy) is 1. The van der Waals surface area contributed by atoms with Crippen LogP contribution < -0.4 is 0 Å². The van der Waals surface area contributed by atoms with Crippen molar-refractivity contribution in [3.8, 4) is 0 Å². The number of fused-ring (bicyclic) bond motifs is 1. The fourth-order valence-corrected chi connectivity index (χ4v) is 2.33. The lowest BCUT2D eigenvalue weighted by Crippen LogP contribution is -2.12. The summed E-state index contributed by atoms with van der Waals surface area (Å²) in [5.41, 5.74) is 1.44. The third-order valence-corrected chi connectivity index (χ3v) is 2.97. The molecule has 1 heteroatoms. The number of allylic oxidation sites excluding steroid dienone is 6. The predicted octanol–water partition coefficient (Wildman–Crippen LogP) is 3.88. The lowest BCUT2D eigenvalue weighted by Gasteiger charge is -2.23. The Bertz CT molecular complexity index is 359. The molecule has 2 rings (SSSR count). The molecule has 1 aliphatic heterocycles. The highest BCUT2D eigenvalue weighted by Crippen LogP contribution is 2.46. The predicted molar refractivity (Wildman–Crippen MR) is 63.1 cm³/mol. The van der Waals surface area contributed by atoms with Crippen LogP contribution in [0, 0.1) is 5.41 Å². The molecule has 1 heterocycles. The van der Waals surface area contributed by atoms with Gasteiger partial charge in [-0.1, -0.05) is 18.2 Å². The fraction of sp³-hybridized carbons (Fsp3) is 0.286. The van der Waals surface area contributed by atoms with Crippen LogP contribution in [0.1, 0.15) is 19.3 Å². The molecule has 0 aromatic carbocycles. The van der Waals surface area contributed by atoms with Crippen LogP contribution in [0.4, 0.5) is 0 Å². The van der Waals surface area contributed by atoms with Crippen LogP contribution in [0.15, 0.2) is 61.1 Å². The average molecular weight is 200 g/mol. The molecule has 1 nitrogen and oxygen atoms in total. The molecule has 0 spiro atoms. The lowest BCUT2D eigenvalue weighted by atomic mass is 9.80. The molecule has 1 aliphatic carbocycles. The SMILES string of the molecule is C=CCC1(CC=C)C=C2OC=CC=C2C1. The van der Waals surface area contributed by atoms with Crippen LogP contribution in [0.5, 0.6) is 0 Å². The molecule has 0 unspecified atom stereocenters. The van der Waals surface area contributed by atoms with Gasteiger partial charge in [-0.15, -0.1) is 13.2 Å².